The number of aliphatic hydroxyl groups excluding tert-OH is 1. The minimum Gasteiger partial charge on any atom is -0.530 e. The van der Waals surface area contributed by atoms with Crippen LogP contribution in [0.3, 0.4) is 0 Å². The summed E-state index contributed by atoms with van der Waals surface area (Å²) in [5.74, 6) is 0. The third-order valence-electron chi connectivity index (χ3n) is 1.99. The Morgan fingerprint density at radius 1 is 1.85 bits per heavy atom. The number of aliphatic hydroxyl groups is 1. The maximum absolute atomic E-state index is 10.5. The Morgan fingerprint density at radius 2 is 2.54 bits per heavy atom. The smallest absolute Gasteiger partial charge is 0.214 e. The second-order valence-electron chi connectivity index (χ2n) is 2.89. The van der Waals surface area contributed by atoms with Gasteiger partial charge in [-0.2, -0.15) is 0 Å². The first kappa shape index (κ1) is 9.63. The van der Waals surface area contributed by atoms with Crippen LogP contribution < -0.4 is 10.0 Å². The summed E-state index contributed by atoms with van der Waals surface area (Å²) in [6.45, 7) is 0.162. The first-order valence-corrected chi connectivity index (χ1v) is 3.84. The van der Waals surface area contributed by atoms with Crippen LogP contribution in [0.25, 0.3) is 0 Å². The number of nitrogens with one attached hydrogen (secondary N) is 1. The second kappa shape index (κ2) is 3.97. The fourth-order valence-corrected chi connectivity index (χ4v) is 1.42. The zero-order valence-corrected chi connectivity index (χ0v) is 6.88. The number of carboxylic acid groups (broad SMARTS) is 1. The van der Waals surface area contributed by atoms with E-state index >= 15 is 0 Å². The highest BCUT2D eigenvalue weighted by Crippen LogP contribution is 2.17. The molecule has 2 unspecified atom stereocenters. The lowest BCUT2D eigenvalue weighted by molar-refractivity contribution is -0.266. The molecule has 1 heterocycles. The predicted molar refractivity (Wildman–Crippen MR) is 38.7 cm³/mol. The molecule has 7 heteroatoms. The van der Waals surface area contributed by atoms with Crippen molar-refractivity contribution in [1.29, 1.82) is 5.53 Å². The molecule has 2 atom stereocenters. The van der Waals surface area contributed by atoms with E-state index < -0.39 is 18.2 Å². The summed E-state index contributed by atoms with van der Waals surface area (Å²) < 4.78 is 0. The number of nitrogens with zero attached hydrogens (tertiary/aromatic N) is 3. The van der Waals surface area contributed by atoms with Crippen LogP contribution >= 0.6 is 0 Å². The number of hydrogen-bond donors (Lipinski definition) is 2. The Hall–Kier alpha value is -1.46. The molecule has 1 rings (SSSR count). The van der Waals surface area contributed by atoms with Gasteiger partial charge in [-0.15, -0.1) is 0 Å². The van der Waals surface area contributed by atoms with Crippen LogP contribution in [-0.4, -0.2) is 41.3 Å². The van der Waals surface area contributed by atoms with E-state index in [2.05, 4.69) is 10.0 Å². The minimum atomic E-state index is -1.32. The van der Waals surface area contributed by atoms with Crippen LogP contribution in [0.1, 0.15) is 6.42 Å². The number of carbonyl (C=O) groups excluding carboxylic acids is 1. The molecule has 72 valence electrons. The number of hydrogen-bond acceptors (Lipinski definition) is 5. The molecule has 0 bridgehead atoms. The number of β-amino-alcohol motifs (C(OH)–C–C–N with tert-alkyl or cyclic N) is 1. The summed E-state index contributed by atoms with van der Waals surface area (Å²) in [7, 11) is 0. The zero-order chi connectivity index (χ0) is 9.84. The molecule has 0 radical (unpaired) electrons. The Kier molecular flexibility index (Phi) is 2.94. The van der Waals surface area contributed by atoms with E-state index in [-0.39, 0.29) is 13.1 Å². The monoisotopic (exact) mass is 186 g/mol. The first-order valence-electron chi connectivity index (χ1n) is 3.84. The molecule has 0 aromatic rings. The quantitative estimate of drug-likeness (QED) is 0.396. The van der Waals surface area contributed by atoms with Crippen molar-refractivity contribution in [2.24, 2.45) is 5.11 Å². The van der Waals surface area contributed by atoms with Crippen LogP contribution in [0, 0.1) is 5.53 Å². The summed E-state index contributed by atoms with van der Waals surface area (Å²) in [6, 6.07) is -0.408. The largest absolute Gasteiger partial charge is 0.530 e. The maximum Gasteiger partial charge on any atom is 0.214 e. The highest BCUT2D eigenvalue weighted by molar-refractivity contribution is 5.63. The summed E-state index contributed by atoms with van der Waals surface area (Å²) in [5.41, 5.74) is 6.40. The molecule has 1 amide bonds. The number of amides is 1. The zero-order valence-electron chi connectivity index (χ0n) is 6.88. The first-order chi connectivity index (χ1) is 6.15. The third kappa shape index (κ3) is 2.24. The van der Waals surface area contributed by atoms with Gasteiger partial charge in [-0.05, 0) is 6.42 Å². The van der Waals surface area contributed by atoms with Gasteiger partial charge >= 0.3 is 0 Å². The van der Waals surface area contributed by atoms with Crippen LogP contribution in [0.2, 0.25) is 0 Å². The van der Waals surface area contributed by atoms with Crippen molar-refractivity contribution in [3.8, 4) is 0 Å². The van der Waals surface area contributed by atoms with E-state index in [4.69, 9.17) is 10.6 Å². The van der Waals surface area contributed by atoms with E-state index in [0.717, 1.165) is 4.90 Å². The Balaban J connectivity index is 2.60. The molecule has 1 aliphatic rings. The SMILES string of the molecule is N=[N+]=NCC1CC(O)CN1C(=O)[O-]. The number of rotatable bonds is 2. The number of likely N-dealkylation sites (tertiary alicyclic amines) is 1. The Morgan fingerprint density at radius 3 is 3.08 bits per heavy atom. The standard InChI is InChI=1S/C6H10N4O3/c7-9-8-2-4-1-5(11)3-10(4)6(12)13/h4-5,7,11H,1-3H2. The third-order valence-corrected chi connectivity index (χ3v) is 1.99. The van der Waals surface area contributed by atoms with Gasteiger partial charge in [-0.25, -0.2) is 0 Å². The van der Waals surface area contributed by atoms with Gasteiger partial charge in [0.25, 0.3) is 0 Å². The van der Waals surface area contributed by atoms with E-state index in [1.54, 1.807) is 0 Å². The molecule has 1 saturated heterocycles. The van der Waals surface area contributed by atoms with Gasteiger partial charge in [-0.3, -0.25) is 0 Å². The van der Waals surface area contributed by atoms with E-state index in [0.29, 0.717) is 6.42 Å². The van der Waals surface area contributed by atoms with Gasteiger partial charge in [-0.1, -0.05) is 0 Å². The number of carbonyl (C=O) groups is 1. The van der Waals surface area contributed by atoms with E-state index in [1.807, 2.05) is 0 Å². The molecule has 0 aromatic carbocycles. The average Bonchev–Trinajstić information content (AvgIpc) is 2.43. The Bertz CT molecular complexity index is 250. The molecular formula is C6H10N4O3. The molecule has 0 saturated carbocycles. The van der Waals surface area contributed by atoms with E-state index in [1.165, 1.54) is 0 Å². The van der Waals surface area contributed by atoms with Gasteiger partial charge in [0.1, 0.15) is 23.3 Å². The van der Waals surface area contributed by atoms with Crippen molar-refractivity contribution in [2.45, 2.75) is 18.6 Å². The van der Waals surface area contributed by atoms with Gasteiger partial charge in [0.2, 0.25) is 4.91 Å². The predicted octanol–water partition coefficient (Wildman–Crippen LogP) is -1.68. The summed E-state index contributed by atoms with van der Waals surface area (Å²) in [5, 5.41) is 23.0. The topological polar surface area (TPSA) is 114 Å². The van der Waals surface area contributed by atoms with Gasteiger partial charge in [0.15, 0.2) is 0 Å². The molecule has 0 aromatic heterocycles. The maximum atomic E-state index is 10.5. The normalized spacial score (nSPS) is 27.0. The second-order valence-corrected chi connectivity index (χ2v) is 2.89. The minimum absolute atomic E-state index is 0.0561. The molecule has 1 fully saturated rings. The Labute approximate surface area is 74.2 Å². The van der Waals surface area contributed by atoms with Crippen LogP contribution in [0.4, 0.5) is 4.79 Å². The molecule has 2 N–H and O–H groups in total. The van der Waals surface area contributed by atoms with Crippen molar-refractivity contribution >= 4 is 6.09 Å². The fourth-order valence-electron chi connectivity index (χ4n) is 1.42. The molecular weight excluding hydrogens is 176 g/mol. The highest BCUT2D eigenvalue weighted by Gasteiger charge is 2.31. The highest BCUT2D eigenvalue weighted by atomic mass is 16.4. The molecule has 0 aliphatic carbocycles. The lowest BCUT2D eigenvalue weighted by Gasteiger charge is -2.23. The average molecular weight is 186 g/mol. The summed E-state index contributed by atoms with van der Waals surface area (Å²) in [6.07, 6.45) is -1.65. The summed E-state index contributed by atoms with van der Waals surface area (Å²) >= 11 is 0. The lowest BCUT2D eigenvalue weighted by Crippen LogP contribution is -2.45. The van der Waals surface area contributed by atoms with Crippen molar-refractivity contribution in [3.05, 3.63) is 0 Å². The summed E-state index contributed by atoms with van der Waals surface area (Å²) in [4.78, 5) is 14.3. The molecule has 13 heavy (non-hydrogen) atoms. The van der Waals surface area contributed by atoms with Crippen LogP contribution in [0.5, 0.6) is 0 Å². The molecule has 1 aliphatic heterocycles. The van der Waals surface area contributed by atoms with Crippen molar-refractivity contribution < 1.29 is 15.0 Å². The molecule has 0 spiro atoms. The lowest BCUT2D eigenvalue weighted by atomic mass is 10.2. The van der Waals surface area contributed by atoms with Crippen LogP contribution in [-0.2, 0) is 0 Å². The van der Waals surface area contributed by atoms with Crippen molar-refractivity contribution in [2.75, 3.05) is 13.1 Å². The van der Waals surface area contributed by atoms with Crippen LogP contribution in [0.15, 0.2) is 5.11 Å². The van der Waals surface area contributed by atoms with E-state index in [9.17, 15) is 9.90 Å². The molecule has 7 nitrogen and oxygen atoms in total. The van der Waals surface area contributed by atoms with Crippen molar-refractivity contribution in [3.63, 3.8) is 0 Å². The van der Waals surface area contributed by atoms with Gasteiger partial charge in [0, 0.05) is 6.54 Å². The van der Waals surface area contributed by atoms with Gasteiger partial charge < -0.3 is 19.9 Å². The van der Waals surface area contributed by atoms with Crippen molar-refractivity contribution in [1.82, 2.24) is 9.81 Å². The fraction of sp³-hybridized carbons (Fsp3) is 0.833. The van der Waals surface area contributed by atoms with Gasteiger partial charge in [0.05, 0.1) is 12.1 Å².